The van der Waals surface area contributed by atoms with Gasteiger partial charge in [-0.3, -0.25) is 0 Å². The molecule has 4 rings (SSSR count). The van der Waals surface area contributed by atoms with Gasteiger partial charge in [-0.05, 0) is 23.2 Å². The van der Waals surface area contributed by atoms with E-state index in [1.54, 1.807) is 22.8 Å². The second-order valence-corrected chi connectivity index (χ2v) is 6.40. The molecule has 0 aliphatic carbocycles. The molecule has 134 valence electrons. The lowest BCUT2D eigenvalue weighted by molar-refractivity contribution is 0.276. The number of phenolic OH excluding ortho intramolecular Hbond substituents is 1. The summed E-state index contributed by atoms with van der Waals surface area (Å²) in [6.45, 7) is -0.0694. The van der Waals surface area contributed by atoms with Crippen LogP contribution in [0.2, 0.25) is 0 Å². The maximum Gasteiger partial charge on any atom is 0.151 e. The van der Waals surface area contributed by atoms with Crippen LogP contribution in [-0.2, 0) is 0 Å². The highest BCUT2D eigenvalue weighted by Gasteiger charge is 2.16. The van der Waals surface area contributed by atoms with Gasteiger partial charge in [0.25, 0.3) is 0 Å². The summed E-state index contributed by atoms with van der Waals surface area (Å²) in [5.41, 5.74) is 3.87. The Morgan fingerprint density at radius 1 is 1.07 bits per heavy atom. The summed E-state index contributed by atoms with van der Waals surface area (Å²) in [5.74, 6) is 0.855. The van der Waals surface area contributed by atoms with E-state index in [1.807, 2.05) is 56.4 Å². The predicted molar refractivity (Wildman–Crippen MR) is 108 cm³/mol. The van der Waals surface area contributed by atoms with Crippen LogP contribution in [0.3, 0.4) is 0 Å². The maximum atomic E-state index is 10.2. The van der Waals surface area contributed by atoms with E-state index in [9.17, 15) is 10.2 Å². The SMILES string of the molecule is Bc1cnn2c(N[C@@H](CO)c3ccccc3)cc(-c3ccccc3O)nc12. The zero-order valence-electron chi connectivity index (χ0n) is 14.9. The number of fused-ring (bicyclic) bond motifs is 1. The lowest BCUT2D eigenvalue weighted by Gasteiger charge is -2.19. The first kappa shape index (κ1) is 17.1. The van der Waals surface area contributed by atoms with E-state index in [0.717, 1.165) is 11.0 Å². The van der Waals surface area contributed by atoms with Gasteiger partial charge < -0.3 is 15.5 Å². The molecular weight excluding hydrogens is 339 g/mol. The quantitative estimate of drug-likeness (QED) is 0.471. The fourth-order valence-electron chi connectivity index (χ4n) is 3.10. The van der Waals surface area contributed by atoms with E-state index in [4.69, 9.17) is 0 Å². The summed E-state index contributed by atoms with van der Waals surface area (Å²) >= 11 is 0. The van der Waals surface area contributed by atoms with Crippen molar-refractivity contribution in [3.8, 4) is 17.0 Å². The molecule has 1 atom stereocenters. The van der Waals surface area contributed by atoms with Crippen molar-refractivity contribution < 1.29 is 10.2 Å². The topological polar surface area (TPSA) is 82.7 Å². The molecule has 0 amide bonds. The first-order chi connectivity index (χ1) is 13.2. The fraction of sp³-hybridized carbons (Fsp3) is 0.100. The number of nitrogens with one attached hydrogen (secondary N) is 1. The second kappa shape index (κ2) is 7.13. The number of nitrogens with zero attached hydrogens (tertiary/aromatic N) is 3. The average molecular weight is 358 g/mol. The van der Waals surface area contributed by atoms with Gasteiger partial charge in [-0.1, -0.05) is 42.5 Å². The first-order valence-electron chi connectivity index (χ1n) is 8.73. The van der Waals surface area contributed by atoms with Crippen molar-refractivity contribution in [1.29, 1.82) is 0 Å². The Morgan fingerprint density at radius 2 is 1.81 bits per heavy atom. The van der Waals surface area contributed by atoms with Crippen LogP contribution in [-0.4, -0.2) is 39.3 Å². The zero-order valence-corrected chi connectivity index (χ0v) is 14.9. The molecule has 0 saturated carbocycles. The van der Waals surface area contributed by atoms with Crippen LogP contribution in [0.15, 0.2) is 66.9 Å². The molecule has 27 heavy (non-hydrogen) atoms. The summed E-state index contributed by atoms with van der Waals surface area (Å²) < 4.78 is 1.71. The van der Waals surface area contributed by atoms with Gasteiger partial charge in [0.05, 0.1) is 18.3 Å². The number of rotatable bonds is 5. The summed E-state index contributed by atoms with van der Waals surface area (Å²) in [4.78, 5) is 4.67. The number of hydrogen-bond acceptors (Lipinski definition) is 5. The molecule has 0 saturated heterocycles. The Kier molecular flexibility index (Phi) is 4.52. The summed E-state index contributed by atoms with van der Waals surface area (Å²) in [7, 11) is 1.94. The van der Waals surface area contributed by atoms with Crippen LogP contribution in [0.25, 0.3) is 16.9 Å². The summed E-state index contributed by atoms with van der Waals surface area (Å²) in [5, 5.41) is 27.9. The predicted octanol–water partition coefficient (Wildman–Crippen LogP) is 1.51. The molecule has 0 aliphatic heterocycles. The van der Waals surface area contributed by atoms with E-state index in [0.29, 0.717) is 22.7 Å². The molecule has 0 aliphatic rings. The van der Waals surface area contributed by atoms with Crippen LogP contribution < -0.4 is 10.8 Å². The van der Waals surface area contributed by atoms with Crippen molar-refractivity contribution in [1.82, 2.24) is 14.6 Å². The number of aromatic nitrogens is 3. The third kappa shape index (κ3) is 3.25. The van der Waals surface area contributed by atoms with Crippen LogP contribution >= 0.6 is 0 Å². The number of aliphatic hydroxyl groups is 1. The van der Waals surface area contributed by atoms with Crippen molar-refractivity contribution >= 4 is 24.8 Å². The largest absolute Gasteiger partial charge is 0.507 e. The number of hydrogen-bond donors (Lipinski definition) is 3. The Hall–Kier alpha value is -3.32. The molecule has 6 nitrogen and oxygen atoms in total. The summed E-state index contributed by atoms with van der Waals surface area (Å²) in [6.07, 6.45) is 1.75. The van der Waals surface area contributed by atoms with Crippen molar-refractivity contribution in [2.24, 2.45) is 0 Å². The monoisotopic (exact) mass is 358 g/mol. The third-order valence-electron chi connectivity index (χ3n) is 4.53. The minimum absolute atomic E-state index is 0.0694. The molecule has 0 radical (unpaired) electrons. The van der Waals surface area contributed by atoms with Crippen molar-refractivity contribution in [3.05, 3.63) is 72.4 Å². The Balaban J connectivity index is 1.83. The van der Waals surface area contributed by atoms with Crippen LogP contribution in [0.5, 0.6) is 5.75 Å². The average Bonchev–Trinajstić information content (AvgIpc) is 3.08. The van der Waals surface area contributed by atoms with E-state index in [2.05, 4.69) is 15.4 Å². The molecule has 0 unspecified atom stereocenters. The first-order valence-corrected chi connectivity index (χ1v) is 8.73. The van der Waals surface area contributed by atoms with Crippen LogP contribution in [0, 0.1) is 0 Å². The van der Waals surface area contributed by atoms with Crippen LogP contribution in [0.1, 0.15) is 11.6 Å². The summed E-state index contributed by atoms with van der Waals surface area (Å²) in [6, 6.07) is 18.4. The van der Waals surface area contributed by atoms with Crippen molar-refractivity contribution in [2.45, 2.75) is 6.04 Å². The van der Waals surface area contributed by atoms with Crippen molar-refractivity contribution in [3.63, 3.8) is 0 Å². The lowest BCUT2D eigenvalue weighted by Crippen LogP contribution is -2.18. The third-order valence-corrected chi connectivity index (χ3v) is 4.53. The van der Waals surface area contributed by atoms with E-state index in [1.165, 1.54) is 0 Å². The Labute approximate surface area is 157 Å². The van der Waals surface area contributed by atoms with Gasteiger partial charge in [0, 0.05) is 17.8 Å². The number of anilines is 1. The van der Waals surface area contributed by atoms with Crippen molar-refractivity contribution in [2.75, 3.05) is 11.9 Å². The highest BCUT2D eigenvalue weighted by Crippen LogP contribution is 2.30. The fourth-order valence-corrected chi connectivity index (χ4v) is 3.10. The molecule has 0 spiro atoms. The Bertz CT molecular complexity index is 1080. The second-order valence-electron chi connectivity index (χ2n) is 6.40. The Morgan fingerprint density at radius 3 is 2.56 bits per heavy atom. The maximum absolute atomic E-state index is 10.2. The highest BCUT2D eigenvalue weighted by atomic mass is 16.3. The van der Waals surface area contributed by atoms with Gasteiger partial charge in [-0.2, -0.15) is 9.61 Å². The van der Waals surface area contributed by atoms with Gasteiger partial charge in [-0.15, -0.1) is 0 Å². The van der Waals surface area contributed by atoms with E-state index in [-0.39, 0.29) is 18.4 Å². The van der Waals surface area contributed by atoms with Gasteiger partial charge in [0.15, 0.2) is 5.65 Å². The molecule has 4 aromatic rings. The minimum atomic E-state index is -0.293. The van der Waals surface area contributed by atoms with Gasteiger partial charge in [-0.25, -0.2) is 4.98 Å². The van der Waals surface area contributed by atoms with Gasteiger partial charge >= 0.3 is 0 Å². The van der Waals surface area contributed by atoms with Crippen LogP contribution in [0.4, 0.5) is 5.82 Å². The lowest BCUT2D eigenvalue weighted by atomic mass is 10.0. The molecule has 2 aromatic heterocycles. The number of phenols is 1. The molecule has 0 fully saturated rings. The molecule has 2 heterocycles. The molecule has 0 bridgehead atoms. The smallest absolute Gasteiger partial charge is 0.151 e. The molecular formula is C20H19BN4O2. The molecule has 3 N–H and O–H groups in total. The van der Waals surface area contributed by atoms with Gasteiger partial charge in [0.2, 0.25) is 0 Å². The number of aromatic hydroxyl groups is 1. The molecule has 2 aromatic carbocycles. The zero-order chi connectivity index (χ0) is 18.8. The normalized spacial score (nSPS) is 12.2. The number of benzene rings is 2. The highest BCUT2D eigenvalue weighted by molar-refractivity contribution is 6.36. The number of aliphatic hydroxyl groups excluding tert-OH is 1. The van der Waals surface area contributed by atoms with E-state index >= 15 is 0 Å². The number of para-hydroxylation sites is 1. The molecule has 7 heteroatoms. The van der Waals surface area contributed by atoms with E-state index < -0.39 is 0 Å². The minimum Gasteiger partial charge on any atom is -0.507 e. The van der Waals surface area contributed by atoms with Gasteiger partial charge in [0.1, 0.15) is 19.4 Å². The standard InChI is InChI=1S/C20H19BN4O2/c21-15-11-22-25-19(23-17(12-26)13-6-2-1-3-7-13)10-16(24-20(15)25)14-8-4-5-9-18(14)27/h1-11,17,23,26-27H,12,21H2/t17-/m0/s1.